The highest BCUT2D eigenvalue weighted by Gasteiger charge is 2.27. The number of carbonyl (C=O) groups excluding carboxylic acids is 1. The highest BCUT2D eigenvalue weighted by Crippen LogP contribution is 2.32. The van der Waals surface area contributed by atoms with E-state index in [1.54, 1.807) is 53.5 Å². The number of benzene rings is 1. The second-order valence-electron chi connectivity index (χ2n) is 7.26. The maximum Gasteiger partial charge on any atom is 0.291 e. The molecule has 1 N–H and O–H groups in total. The first-order valence-corrected chi connectivity index (χ1v) is 9.66. The van der Waals surface area contributed by atoms with Gasteiger partial charge in [0.15, 0.2) is 0 Å². The van der Waals surface area contributed by atoms with Crippen LogP contribution in [0.3, 0.4) is 0 Å². The van der Waals surface area contributed by atoms with Gasteiger partial charge in [0.2, 0.25) is 0 Å². The lowest BCUT2D eigenvalue weighted by molar-refractivity contribution is 0.0526. The van der Waals surface area contributed by atoms with Gasteiger partial charge in [0.05, 0.1) is 11.3 Å². The predicted octanol–water partition coefficient (Wildman–Crippen LogP) is 5.27. The molecule has 0 radical (unpaired) electrons. The zero-order valence-electron chi connectivity index (χ0n) is 16.7. The number of nitrogens with one attached hydrogen (secondary N) is 1. The molecular formula is C24H20F2N4O. The number of hydrogen-bond donors (Lipinski definition) is 1. The van der Waals surface area contributed by atoms with E-state index in [-0.39, 0.29) is 11.5 Å². The Labute approximate surface area is 178 Å². The average Bonchev–Trinajstić information content (AvgIpc) is 3.10. The Balaban J connectivity index is 1.68. The molecule has 1 aromatic carbocycles. The van der Waals surface area contributed by atoms with E-state index in [4.69, 9.17) is 0 Å². The minimum Gasteiger partial charge on any atom is -0.324 e. The number of hydrogen-bond acceptors (Lipinski definition) is 3. The largest absolute Gasteiger partial charge is 0.324 e. The third kappa shape index (κ3) is 4.21. The Morgan fingerprint density at radius 3 is 2.90 bits per heavy atom. The van der Waals surface area contributed by atoms with E-state index in [1.807, 2.05) is 0 Å². The van der Waals surface area contributed by atoms with Gasteiger partial charge in [0, 0.05) is 54.5 Å². The molecule has 0 aliphatic carbocycles. The minimum absolute atomic E-state index is 0.170. The highest BCUT2D eigenvalue weighted by molar-refractivity contribution is 6.01. The summed E-state index contributed by atoms with van der Waals surface area (Å²) < 4.78 is 29.7. The van der Waals surface area contributed by atoms with Crippen molar-refractivity contribution in [3.8, 4) is 11.3 Å². The molecule has 0 bridgehead atoms. The predicted molar refractivity (Wildman–Crippen MR) is 117 cm³/mol. The highest BCUT2D eigenvalue weighted by atomic mass is 19.3. The van der Waals surface area contributed by atoms with Crippen molar-refractivity contribution in [3.63, 3.8) is 0 Å². The van der Waals surface area contributed by atoms with Gasteiger partial charge in [-0.1, -0.05) is 36.9 Å². The smallest absolute Gasteiger partial charge is 0.291 e. The Bertz CT molecular complexity index is 1250. The lowest BCUT2D eigenvalue weighted by atomic mass is 10.0. The maximum absolute atomic E-state index is 14.0. The monoisotopic (exact) mass is 418 g/mol. The van der Waals surface area contributed by atoms with Gasteiger partial charge < -0.3 is 9.72 Å². The number of pyridine rings is 1. The van der Waals surface area contributed by atoms with Crippen LogP contribution in [0.2, 0.25) is 0 Å². The molecule has 3 heterocycles. The van der Waals surface area contributed by atoms with Crippen LogP contribution in [-0.2, 0) is 5.92 Å². The van der Waals surface area contributed by atoms with Crippen LogP contribution in [0.5, 0.6) is 0 Å². The van der Waals surface area contributed by atoms with Crippen molar-refractivity contribution < 1.29 is 13.6 Å². The van der Waals surface area contributed by atoms with Crippen LogP contribution in [0.4, 0.5) is 8.78 Å². The van der Waals surface area contributed by atoms with E-state index in [0.29, 0.717) is 47.1 Å². The van der Waals surface area contributed by atoms with Crippen LogP contribution in [0.15, 0.2) is 90.5 Å². The molecule has 3 aromatic rings. The number of aliphatic imine (C=N–C) groups is 1. The summed E-state index contributed by atoms with van der Waals surface area (Å²) in [6, 6.07) is 9.36. The number of carbonyl (C=O) groups is 1. The molecule has 0 spiro atoms. The zero-order chi connectivity index (χ0) is 22.0. The molecule has 0 fully saturated rings. The van der Waals surface area contributed by atoms with E-state index in [0.717, 1.165) is 5.57 Å². The van der Waals surface area contributed by atoms with Crippen molar-refractivity contribution >= 4 is 17.8 Å². The van der Waals surface area contributed by atoms with Crippen molar-refractivity contribution in [1.82, 2.24) is 14.7 Å². The summed E-state index contributed by atoms with van der Waals surface area (Å²) in [5.41, 5.74) is 3.21. The van der Waals surface area contributed by atoms with Crippen LogP contribution in [-0.4, -0.2) is 21.5 Å². The molecule has 31 heavy (non-hydrogen) atoms. The molecule has 0 saturated carbocycles. The molecule has 0 atom stereocenters. The normalized spacial score (nSPS) is 14.3. The first-order valence-electron chi connectivity index (χ1n) is 9.66. The lowest BCUT2D eigenvalue weighted by Gasteiger charge is -2.12. The van der Waals surface area contributed by atoms with Gasteiger partial charge in [-0.15, -0.1) is 0 Å². The number of rotatable bonds is 5. The van der Waals surface area contributed by atoms with Crippen LogP contribution in [0, 0.1) is 0 Å². The van der Waals surface area contributed by atoms with Crippen LogP contribution >= 0.6 is 0 Å². The summed E-state index contributed by atoms with van der Waals surface area (Å²) in [7, 11) is 0. The van der Waals surface area contributed by atoms with E-state index in [2.05, 4.69) is 28.5 Å². The van der Waals surface area contributed by atoms with Crippen LogP contribution in [0.25, 0.3) is 16.9 Å². The molecule has 1 aliphatic heterocycles. The maximum atomic E-state index is 14.0. The second-order valence-corrected chi connectivity index (χ2v) is 7.26. The summed E-state index contributed by atoms with van der Waals surface area (Å²) in [5, 5.41) is 2.87. The average molecular weight is 418 g/mol. The number of aromatic nitrogens is 2. The lowest BCUT2D eigenvalue weighted by Crippen LogP contribution is -2.23. The summed E-state index contributed by atoms with van der Waals surface area (Å²) >= 11 is 0. The second kappa shape index (κ2) is 8.10. The summed E-state index contributed by atoms with van der Waals surface area (Å²) in [6.07, 6.45) is 8.61. The molecule has 7 heteroatoms. The number of allylic oxidation sites excluding steroid dienone is 2. The van der Waals surface area contributed by atoms with E-state index >= 15 is 0 Å². The molecule has 5 nitrogen and oxygen atoms in total. The fourth-order valence-corrected chi connectivity index (χ4v) is 3.33. The van der Waals surface area contributed by atoms with Gasteiger partial charge in [0.25, 0.3) is 11.8 Å². The Hall–Kier alpha value is -3.87. The van der Waals surface area contributed by atoms with Gasteiger partial charge in [0.1, 0.15) is 5.65 Å². The summed E-state index contributed by atoms with van der Waals surface area (Å²) in [5.74, 6) is -3.47. The van der Waals surface area contributed by atoms with Crippen molar-refractivity contribution in [2.45, 2.75) is 18.8 Å². The van der Waals surface area contributed by atoms with Crippen LogP contribution in [0.1, 0.15) is 28.8 Å². The van der Waals surface area contributed by atoms with Gasteiger partial charge in [-0.2, -0.15) is 8.78 Å². The van der Waals surface area contributed by atoms with E-state index < -0.39 is 5.92 Å². The van der Waals surface area contributed by atoms with Crippen molar-refractivity contribution in [2.75, 3.05) is 0 Å². The molecule has 1 aliphatic rings. The standard InChI is InChI=1S/C24H20F2N4O/c1-3-24(25,26)18-7-4-6-17(13-18)21-15-30-11-5-8-20(22(30)29-21)23(31)28-19-12-16(2)9-10-27-14-19/h3-8,10-11,13-15H,1-2,9,12H2,(H,28,31). The number of fused-ring (bicyclic) bond motifs is 1. The third-order valence-electron chi connectivity index (χ3n) is 4.96. The Morgan fingerprint density at radius 2 is 2.10 bits per heavy atom. The topological polar surface area (TPSA) is 58.8 Å². The number of amides is 1. The van der Waals surface area contributed by atoms with Gasteiger partial charge in [-0.3, -0.25) is 9.79 Å². The summed E-state index contributed by atoms with van der Waals surface area (Å²) in [4.78, 5) is 21.6. The number of halogens is 2. The molecule has 4 rings (SSSR count). The summed E-state index contributed by atoms with van der Waals surface area (Å²) in [6.45, 7) is 7.16. The molecule has 0 saturated heterocycles. The van der Waals surface area contributed by atoms with E-state index in [9.17, 15) is 13.6 Å². The minimum atomic E-state index is -3.14. The number of imidazole rings is 1. The molecular weight excluding hydrogens is 398 g/mol. The SMILES string of the molecule is C=CC(F)(F)c1cccc(-c2cn3cccc(C(=O)NC4=CN=CCC(=C)C4)c3n2)c1. The fraction of sp³-hybridized carbons (Fsp3) is 0.125. The zero-order valence-corrected chi connectivity index (χ0v) is 16.7. The molecule has 0 unspecified atom stereocenters. The quantitative estimate of drug-likeness (QED) is 0.574. The van der Waals surface area contributed by atoms with Gasteiger partial charge in [-0.05, 0) is 24.3 Å². The van der Waals surface area contributed by atoms with Gasteiger partial charge in [-0.25, -0.2) is 4.98 Å². The van der Waals surface area contributed by atoms with Crippen LogP contribution < -0.4 is 5.32 Å². The van der Waals surface area contributed by atoms with E-state index in [1.165, 1.54) is 12.1 Å². The fourth-order valence-electron chi connectivity index (χ4n) is 3.33. The Kier molecular flexibility index (Phi) is 5.33. The van der Waals surface area contributed by atoms with Crippen molar-refractivity contribution in [3.05, 3.63) is 96.6 Å². The Morgan fingerprint density at radius 1 is 1.26 bits per heavy atom. The third-order valence-corrected chi connectivity index (χ3v) is 4.96. The molecule has 1 amide bonds. The number of nitrogens with zero attached hydrogens (tertiary/aromatic N) is 3. The van der Waals surface area contributed by atoms with Crippen molar-refractivity contribution in [1.29, 1.82) is 0 Å². The molecule has 156 valence electrons. The number of alkyl halides is 2. The van der Waals surface area contributed by atoms with Gasteiger partial charge >= 0.3 is 0 Å². The first-order chi connectivity index (χ1) is 14.9. The molecule has 2 aromatic heterocycles. The first kappa shape index (κ1) is 20.4. The van der Waals surface area contributed by atoms with Crippen molar-refractivity contribution in [2.24, 2.45) is 4.99 Å².